The number of phenols is 1. The van der Waals surface area contributed by atoms with Crippen molar-refractivity contribution in [2.45, 2.75) is 12.5 Å². The van der Waals surface area contributed by atoms with Crippen LogP contribution in [0.3, 0.4) is 0 Å². The summed E-state index contributed by atoms with van der Waals surface area (Å²) in [4.78, 5) is 13.5. The molecule has 0 fully saturated rings. The molecule has 0 saturated carbocycles. The Hall–Kier alpha value is -4.91. The first-order chi connectivity index (χ1) is 19.1. The zero-order valence-electron chi connectivity index (χ0n) is 21.5. The van der Waals surface area contributed by atoms with E-state index in [0.717, 1.165) is 16.7 Å². The second-order valence-electron chi connectivity index (χ2n) is 9.23. The second kappa shape index (κ2) is 10.1. The molecule has 0 bridgehead atoms. The molecule has 0 spiro atoms. The number of fused-ring (bicyclic) bond motifs is 2. The van der Waals surface area contributed by atoms with Crippen LogP contribution in [0.1, 0.15) is 33.7 Å². The maximum absolute atomic E-state index is 13.5. The number of methoxy groups -OCH3 is 2. The van der Waals surface area contributed by atoms with Gasteiger partial charge >= 0.3 is 5.97 Å². The van der Waals surface area contributed by atoms with Gasteiger partial charge in [0.1, 0.15) is 23.9 Å². The van der Waals surface area contributed by atoms with Crippen molar-refractivity contribution in [2.24, 2.45) is 0 Å². The van der Waals surface area contributed by atoms with E-state index in [1.807, 2.05) is 66.7 Å². The largest absolute Gasteiger partial charge is 0.508 e. The minimum absolute atomic E-state index is 0.0852. The number of hydrogen-bond acceptors (Lipinski definition) is 7. The molecule has 196 valence electrons. The summed E-state index contributed by atoms with van der Waals surface area (Å²) in [7, 11) is 2.96. The molecule has 1 atom stereocenters. The molecule has 4 aromatic carbocycles. The molecule has 7 nitrogen and oxygen atoms in total. The van der Waals surface area contributed by atoms with Crippen molar-refractivity contribution in [3.8, 4) is 28.7 Å². The summed E-state index contributed by atoms with van der Waals surface area (Å²) in [6.45, 7) is 0.465. The molecular weight excluding hydrogens is 496 g/mol. The van der Waals surface area contributed by atoms with E-state index >= 15 is 0 Å². The van der Waals surface area contributed by atoms with E-state index in [0.29, 0.717) is 51.9 Å². The predicted molar refractivity (Wildman–Crippen MR) is 144 cm³/mol. The number of ether oxygens (including phenoxy) is 5. The third-order valence-electron chi connectivity index (χ3n) is 7.01. The van der Waals surface area contributed by atoms with Gasteiger partial charge in [-0.05, 0) is 58.7 Å². The second-order valence-corrected chi connectivity index (χ2v) is 9.23. The van der Waals surface area contributed by atoms with Crippen LogP contribution in [0, 0.1) is 0 Å². The number of hydrogen-bond donors (Lipinski definition) is 1. The number of benzene rings is 4. The van der Waals surface area contributed by atoms with Gasteiger partial charge in [-0.1, -0.05) is 42.5 Å². The first-order valence-corrected chi connectivity index (χ1v) is 12.5. The molecule has 0 saturated heterocycles. The Bertz CT molecular complexity index is 1590. The molecule has 4 aromatic rings. The first-order valence-electron chi connectivity index (χ1n) is 12.5. The van der Waals surface area contributed by atoms with Gasteiger partial charge in [0, 0.05) is 23.1 Å². The maximum atomic E-state index is 13.5. The molecule has 1 aliphatic heterocycles. The standard InChI is InChI=1S/C32H26O7/c1-35-22-10-12-24(27(16-22)37-17-19-6-4-3-5-7-19)30-25-15-21(33)9-11-23(25)29(31(30)32(34)36-2)20-8-13-26-28(14-20)39-18-38-26/h3-16,29,33H,17-18H2,1-2H3. The number of carbonyl (C=O) groups excluding carboxylic acids is 1. The normalized spacial score (nSPS) is 15.2. The molecule has 6 rings (SSSR count). The van der Waals surface area contributed by atoms with Crippen LogP contribution < -0.4 is 18.9 Å². The average Bonchev–Trinajstić information content (AvgIpc) is 3.58. The van der Waals surface area contributed by atoms with Crippen molar-refractivity contribution in [1.82, 2.24) is 0 Å². The lowest BCUT2D eigenvalue weighted by Gasteiger charge is -2.18. The zero-order valence-corrected chi connectivity index (χ0v) is 21.5. The van der Waals surface area contributed by atoms with Gasteiger partial charge in [0.2, 0.25) is 6.79 Å². The summed E-state index contributed by atoms with van der Waals surface area (Å²) in [5.41, 5.74) is 5.15. The van der Waals surface area contributed by atoms with Crippen LogP contribution in [0.15, 0.2) is 90.5 Å². The fourth-order valence-corrected chi connectivity index (χ4v) is 5.21. The van der Waals surface area contributed by atoms with Gasteiger partial charge in [0.25, 0.3) is 0 Å². The molecule has 1 N–H and O–H groups in total. The van der Waals surface area contributed by atoms with Gasteiger partial charge in [-0.25, -0.2) is 4.79 Å². The van der Waals surface area contributed by atoms with Crippen LogP contribution >= 0.6 is 0 Å². The highest BCUT2D eigenvalue weighted by Gasteiger charge is 2.39. The topological polar surface area (TPSA) is 83.5 Å². The molecule has 39 heavy (non-hydrogen) atoms. The Balaban J connectivity index is 1.56. The molecule has 1 aliphatic carbocycles. The molecule has 0 radical (unpaired) electrons. The van der Waals surface area contributed by atoms with Gasteiger partial charge in [-0.3, -0.25) is 0 Å². The molecular formula is C32H26O7. The summed E-state index contributed by atoms with van der Waals surface area (Å²) in [6, 6.07) is 26.1. The number of rotatable bonds is 7. The number of carbonyl (C=O) groups is 1. The molecule has 0 amide bonds. The minimum Gasteiger partial charge on any atom is -0.508 e. The Labute approximate surface area is 225 Å². The van der Waals surface area contributed by atoms with Crippen molar-refractivity contribution in [2.75, 3.05) is 21.0 Å². The first kappa shape index (κ1) is 24.4. The molecule has 0 aromatic heterocycles. The molecule has 1 unspecified atom stereocenters. The van der Waals surface area contributed by atoms with Crippen LogP contribution in [-0.2, 0) is 16.1 Å². The van der Waals surface area contributed by atoms with Crippen LogP contribution in [0.25, 0.3) is 5.57 Å². The Morgan fingerprint density at radius 2 is 1.72 bits per heavy atom. The number of esters is 1. The van der Waals surface area contributed by atoms with E-state index in [9.17, 15) is 9.90 Å². The minimum atomic E-state index is -0.479. The third kappa shape index (κ3) is 4.42. The van der Waals surface area contributed by atoms with Gasteiger partial charge in [0.15, 0.2) is 11.5 Å². The van der Waals surface area contributed by atoms with Crippen LogP contribution in [0.5, 0.6) is 28.7 Å². The van der Waals surface area contributed by atoms with Gasteiger partial charge in [-0.2, -0.15) is 0 Å². The van der Waals surface area contributed by atoms with Crippen molar-refractivity contribution in [1.29, 1.82) is 0 Å². The average molecular weight is 523 g/mol. The number of phenolic OH excluding ortho intramolecular Hbond substituents is 1. The predicted octanol–water partition coefficient (Wildman–Crippen LogP) is 5.83. The zero-order chi connectivity index (χ0) is 26.9. The summed E-state index contributed by atoms with van der Waals surface area (Å²) in [6.07, 6.45) is 0. The van der Waals surface area contributed by atoms with E-state index in [2.05, 4.69) is 0 Å². The fraction of sp³-hybridized carbons (Fsp3) is 0.156. The van der Waals surface area contributed by atoms with Crippen molar-refractivity contribution < 1.29 is 33.6 Å². The van der Waals surface area contributed by atoms with Gasteiger partial charge in [0.05, 0.1) is 19.8 Å². The molecule has 2 aliphatic rings. The maximum Gasteiger partial charge on any atom is 0.335 e. The van der Waals surface area contributed by atoms with Crippen LogP contribution in [0.2, 0.25) is 0 Å². The smallest absolute Gasteiger partial charge is 0.335 e. The lowest BCUT2D eigenvalue weighted by atomic mass is 9.87. The Kier molecular flexibility index (Phi) is 6.32. The quantitative estimate of drug-likeness (QED) is 0.306. The van der Waals surface area contributed by atoms with E-state index in [1.54, 1.807) is 25.3 Å². The van der Waals surface area contributed by atoms with Crippen LogP contribution in [-0.4, -0.2) is 32.1 Å². The lowest BCUT2D eigenvalue weighted by Crippen LogP contribution is -2.13. The third-order valence-corrected chi connectivity index (χ3v) is 7.01. The highest BCUT2D eigenvalue weighted by atomic mass is 16.7. The summed E-state index contributed by atoms with van der Waals surface area (Å²) in [5, 5.41) is 10.5. The fourth-order valence-electron chi connectivity index (χ4n) is 5.21. The highest BCUT2D eigenvalue weighted by molar-refractivity contribution is 6.08. The van der Waals surface area contributed by atoms with E-state index in [1.165, 1.54) is 7.11 Å². The lowest BCUT2D eigenvalue weighted by molar-refractivity contribution is -0.136. The Morgan fingerprint density at radius 3 is 2.51 bits per heavy atom. The van der Waals surface area contributed by atoms with Gasteiger partial charge < -0.3 is 28.8 Å². The van der Waals surface area contributed by atoms with Crippen LogP contribution in [0.4, 0.5) is 0 Å². The molecule has 7 heteroatoms. The highest BCUT2D eigenvalue weighted by Crippen LogP contribution is 2.52. The van der Waals surface area contributed by atoms with E-state index < -0.39 is 11.9 Å². The monoisotopic (exact) mass is 522 g/mol. The summed E-state index contributed by atoms with van der Waals surface area (Å²) < 4.78 is 28.3. The Morgan fingerprint density at radius 1 is 0.897 bits per heavy atom. The van der Waals surface area contributed by atoms with E-state index in [4.69, 9.17) is 23.7 Å². The summed E-state index contributed by atoms with van der Waals surface area (Å²) in [5.74, 6) is 1.55. The van der Waals surface area contributed by atoms with Crippen molar-refractivity contribution >= 4 is 11.5 Å². The van der Waals surface area contributed by atoms with E-state index in [-0.39, 0.29) is 12.5 Å². The number of aromatic hydroxyl groups is 1. The van der Waals surface area contributed by atoms with Crippen molar-refractivity contribution in [3.05, 3.63) is 118 Å². The van der Waals surface area contributed by atoms with Crippen molar-refractivity contribution in [3.63, 3.8) is 0 Å². The molecule has 1 heterocycles. The summed E-state index contributed by atoms with van der Waals surface area (Å²) >= 11 is 0. The SMILES string of the molecule is COC(=O)C1=C(c2ccc(OC)cc2OCc2ccccc2)c2cc(O)ccc2C1c1ccc2c(c1)OCO2. The van der Waals surface area contributed by atoms with Gasteiger partial charge in [-0.15, -0.1) is 0 Å².